The third-order valence-corrected chi connectivity index (χ3v) is 4.87. The second-order valence-electron chi connectivity index (χ2n) is 5.33. The third kappa shape index (κ3) is 2.63. The molecule has 1 aliphatic heterocycles. The van der Waals surface area contributed by atoms with Crippen LogP contribution < -0.4 is 0 Å². The molecule has 1 saturated carbocycles. The lowest BCUT2D eigenvalue weighted by Gasteiger charge is -2.43. The van der Waals surface area contributed by atoms with Gasteiger partial charge in [-0.1, -0.05) is 6.42 Å². The molecule has 98 valence electrons. The van der Waals surface area contributed by atoms with Crippen LogP contribution in [0.4, 0.5) is 0 Å². The summed E-state index contributed by atoms with van der Waals surface area (Å²) in [6.07, 6.45) is 8.38. The molecule has 0 aromatic rings. The zero-order valence-corrected chi connectivity index (χ0v) is 11.7. The van der Waals surface area contributed by atoms with Crippen LogP contribution in [0.15, 0.2) is 0 Å². The van der Waals surface area contributed by atoms with Crippen LogP contribution in [-0.4, -0.2) is 49.1 Å². The van der Waals surface area contributed by atoms with Crippen molar-refractivity contribution < 1.29 is 9.53 Å². The Kier molecular flexibility index (Phi) is 4.36. The van der Waals surface area contributed by atoms with E-state index in [1.165, 1.54) is 25.7 Å². The van der Waals surface area contributed by atoms with Gasteiger partial charge in [0.25, 0.3) is 0 Å². The zero-order chi connectivity index (χ0) is 12.3. The van der Waals surface area contributed by atoms with Gasteiger partial charge >= 0.3 is 0 Å². The Morgan fingerprint density at radius 1 is 1.47 bits per heavy atom. The van der Waals surface area contributed by atoms with Crippen LogP contribution in [0, 0.1) is 5.41 Å². The summed E-state index contributed by atoms with van der Waals surface area (Å²) in [7, 11) is 1.82. The summed E-state index contributed by atoms with van der Waals surface area (Å²) in [5, 5.41) is 0. The number of carbonyl (C=O) groups is 1. The average Bonchev–Trinajstić information content (AvgIpc) is 2.72. The molecular weight excluding hydrogens is 234 g/mol. The SMILES string of the molecule is CO[C@@H]1CCC[C@]12CCCN(C(=O)CSC)C2. The van der Waals surface area contributed by atoms with Crippen molar-refractivity contribution in [2.24, 2.45) is 5.41 Å². The predicted molar refractivity (Wildman–Crippen MR) is 71.3 cm³/mol. The second kappa shape index (κ2) is 5.61. The second-order valence-corrected chi connectivity index (χ2v) is 6.20. The van der Waals surface area contributed by atoms with Gasteiger partial charge in [-0.3, -0.25) is 4.79 Å². The lowest BCUT2D eigenvalue weighted by Crippen LogP contribution is -2.50. The predicted octanol–water partition coefficient (Wildman–Crippen LogP) is 2.16. The van der Waals surface area contributed by atoms with E-state index in [-0.39, 0.29) is 5.41 Å². The molecule has 0 aromatic carbocycles. The molecule has 1 heterocycles. The van der Waals surface area contributed by atoms with Crippen molar-refractivity contribution in [3.05, 3.63) is 0 Å². The van der Waals surface area contributed by atoms with E-state index in [2.05, 4.69) is 4.90 Å². The number of carbonyl (C=O) groups excluding carboxylic acids is 1. The Morgan fingerprint density at radius 3 is 2.94 bits per heavy atom. The number of piperidine rings is 1. The molecule has 1 aliphatic carbocycles. The quantitative estimate of drug-likeness (QED) is 0.776. The van der Waals surface area contributed by atoms with Crippen molar-refractivity contribution >= 4 is 17.7 Å². The summed E-state index contributed by atoms with van der Waals surface area (Å²) in [4.78, 5) is 14.1. The van der Waals surface area contributed by atoms with Crippen molar-refractivity contribution in [2.45, 2.75) is 38.2 Å². The first-order valence-electron chi connectivity index (χ1n) is 6.51. The molecule has 0 bridgehead atoms. The van der Waals surface area contributed by atoms with E-state index in [4.69, 9.17) is 4.74 Å². The van der Waals surface area contributed by atoms with Crippen LogP contribution in [0.1, 0.15) is 32.1 Å². The molecule has 2 rings (SSSR count). The van der Waals surface area contributed by atoms with Crippen molar-refractivity contribution in [3.8, 4) is 0 Å². The standard InChI is InChI=1S/C13H23NO2S/c1-16-11-5-3-6-13(11)7-4-8-14(10-13)12(15)9-17-2/h11H,3-10H2,1-2H3/t11-,13-/m1/s1. The molecule has 2 fully saturated rings. The lowest BCUT2D eigenvalue weighted by atomic mass is 9.76. The smallest absolute Gasteiger partial charge is 0.232 e. The highest BCUT2D eigenvalue weighted by Gasteiger charge is 2.46. The number of amides is 1. The van der Waals surface area contributed by atoms with E-state index >= 15 is 0 Å². The summed E-state index contributed by atoms with van der Waals surface area (Å²) < 4.78 is 5.65. The van der Waals surface area contributed by atoms with Gasteiger partial charge in [0.1, 0.15) is 0 Å². The molecule has 1 amide bonds. The molecule has 2 atom stereocenters. The van der Waals surface area contributed by atoms with E-state index in [0.717, 1.165) is 19.5 Å². The van der Waals surface area contributed by atoms with E-state index in [9.17, 15) is 4.79 Å². The van der Waals surface area contributed by atoms with Crippen LogP contribution in [-0.2, 0) is 9.53 Å². The minimum atomic E-state index is 0.265. The van der Waals surface area contributed by atoms with Crippen LogP contribution >= 0.6 is 11.8 Å². The summed E-state index contributed by atoms with van der Waals surface area (Å²) in [5.74, 6) is 0.923. The first kappa shape index (κ1) is 13.2. The van der Waals surface area contributed by atoms with E-state index < -0.39 is 0 Å². The number of ether oxygens (including phenoxy) is 1. The molecule has 17 heavy (non-hydrogen) atoms. The molecule has 3 nitrogen and oxygen atoms in total. The van der Waals surface area contributed by atoms with Gasteiger partial charge in [-0.25, -0.2) is 0 Å². The van der Waals surface area contributed by atoms with Gasteiger partial charge in [-0.05, 0) is 31.9 Å². The van der Waals surface area contributed by atoms with Gasteiger partial charge in [0.2, 0.25) is 5.91 Å². The average molecular weight is 257 g/mol. The molecule has 4 heteroatoms. The lowest BCUT2D eigenvalue weighted by molar-refractivity contribution is -0.134. The molecule has 1 saturated heterocycles. The fourth-order valence-electron chi connectivity index (χ4n) is 3.53. The number of thioether (sulfide) groups is 1. The normalized spacial score (nSPS) is 33.3. The number of rotatable bonds is 3. The van der Waals surface area contributed by atoms with Gasteiger partial charge < -0.3 is 9.64 Å². The number of methoxy groups -OCH3 is 1. The summed E-state index contributed by atoms with van der Waals surface area (Å²) >= 11 is 1.62. The van der Waals surface area contributed by atoms with Crippen LogP contribution in [0.25, 0.3) is 0 Å². The van der Waals surface area contributed by atoms with Gasteiger partial charge in [-0.15, -0.1) is 0 Å². The maximum atomic E-state index is 12.0. The minimum absolute atomic E-state index is 0.265. The van der Waals surface area contributed by atoms with Crippen LogP contribution in [0.2, 0.25) is 0 Å². The number of nitrogens with zero attached hydrogens (tertiary/aromatic N) is 1. The fourth-order valence-corrected chi connectivity index (χ4v) is 3.96. The Labute approximate surface area is 108 Å². The van der Waals surface area contributed by atoms with Crippen molar-refractivity contribution in [1.82, 2.24) is 4.90 Å². The third-order valence-electron chi connectivity index (χ3n) is 4.34. The Bertz CT molecular complexity index is 285. The summed E-state index contributed by atoms with van der Waals surface area (Å²) in [6.45, 7) is 1.86. The number of hydrogen-bond acceptors (Lipinski definition) is 3. The zero-order valence-electron chi connectivity index (χ0n) is 10.9. The monoisotopic (exact) mass is 257 g/mol. The van der Waals surface area contributed by atoms with Crippen molar-refractivity contribution in [3.63, 3.8) is 0 Å². The first-order chi connectivity index (χ1) is 8.22. The van der Waals surface area contributed by atoms with Crippen molar-refractivity contribution in [1.29, 1.82) is 0 Å². The van der Waals surface area contributed by atoms with E-state index in [0.29, 0.717) is 17.8 Å². The molecule has 0 N–H and O–H groups in total. The molecular formula is C13H23NO2S. The van der Waals surface area contributed by atoms with Gasteiger partial charge in [0.05, 0.1) is 11.9 Å². The van der Waals surface area contributed by atoms with Gasteiger partial charge in [-0.2, -0.15) is 11.8 Å². The fraction of sp³-hybridized carbons (Fsp3) is 0.923. The largest absolute Gasteiger partial charge is 0.381 e. The Balaban J connectivity index is 2.03. The van der Waals surface area contributed by atoms with Crippen LogP contribution in [0.5, 0.6) is 0 Å². The highest BCUT2D eigenvalue weighted by Crippen LogP contribution is 2.46. The minimum Gasteiger partial charge on any atom is -0.381 e. The number of hydrogen-bond donors (Lipinski definition) is 0. The highest BCUT2D eigenvalue weighted by atomic mass is 32.2. The summed E-state index contributed by atoms with van der Waals surface area (Å²) in [5.41, 5.74) is 0.265. The first-order valence-corrected chi connectivity index (χ1v) is 7.91. The Hall–Kier alpha value is -0.220. The van der Waals surface area contributed by atoms with Gasteiger partial charge in [0, 0.05) is 25.6 Å². The van der Waals surface area contributed by atoms with Gasteiger partial charge in [0.15, 0.2) is 0 Å². The maximum absolute atomic E-state index is 12.0. The van der Waals surface area contributed by atoms with E-state index in [1.807, 2.05) is 13.4 Å². The topological polar surface area (TPSA) is 29.5 Å². The molecule has 0 unspecified atom stereocenters. The van der Waals surface area contributed by atoms with E-state index in [1.54, 1.807) is 11.8 Å². The van der Waals surface area contributed by atoms with Crippen molar-refractivity contribution in [2.75, 3.05) is 32.2 Å². The maximum Gasteiger partial charge on any atom is 0.232 e. The van der Waals surface area contributed by atoms with Crippen LogP contribution in [0.3, 0.4) is 0 Å². The molecule has 0 aromatic heterocycles. The summed E-state index contributed by atoms with van der Waals surface area (Å²) in [6, 6.07) is 0. The number of likely N-dealkylation sites (tertiary alicyclic amines) is 1. The molecule has 2 aliphatic rings. The molecule has 1 spiro atoms. The Morgan fingerprint density at radius 2 is 2.24 bits per heavy atom. The highest BCUT2D eigenvalue weighted by molar-refractivity contribution is 7.99. The molecule has 0 radical (unpaired) electrons.